The summed E-state index contributed by atoms with van der Waals surface area (Å²) in [5.41, 5.74) is 0. The van der Waals surface area contributed by atoms with Crippen LogP contribution >= 0.6 is 0 Å². The van der Waals surface area contributed by atoms with Crippen molar-refractivity contribution in [1.29, 1.82) is 0 Å². The Hall–Kier alpha value is 0.647. The Morgan fingerprint density at radius 1 is 1.67 bits per heavy atom. The van der Waals surface area contributed by atoms with Gasteiger partial charge in [-0.2, -0.15) is 0 Å². The molecule has 0 aromatic rings. The Morgan fingerprint density at radius 2 is 2.11 bits per heavy atom. The van der Waals surface area contributed by atoms with E-state index in [9.17, 15) is 6.21 Å². The Bertz CT molecular complexity index is 161. The first kappa shape index (κ1) is 12.3. The molecule has 0 aliphatic heterocycles. The van der Waals surface area contributed by atoms with Crippen molar-refractivity contribution in [2.45, 2.75) is 0 Å². The predicted molar refractivity (Wildman–Crippen MR) is 32.6 cm³/mol. The zero-order valence-electron chi connectivity index (χ0n) is 4.07. The molecule has 0 aromatic heterocycles. The van der Waals surface area contributed by atoms with E-state index in [4.69, 9.17) is 3.47 Å². The molecule has 0 aliphatic carbocycles. The van der Waals surface area contributed by atoms with Crippen LogP contribution in [0.2, 0.25) is 0 Å². The van der Waals surface area contributed by atoms with E-state index in [0.29, 0.717) is 0 Å². The molecule has 0 unspecified atom stereocenters. The minimum absolute atomic E-state index is 0. The molecule has 0 atom stereocenters. The van der Waals surface area contributed by atoms with Crippen molar-refractivity contribution < 1.29 is 12.8 Å². The van der Waals surface area contributed by atoms with E-state index in [-0.39, 0.29) is 25.5 Å². The fourth-order valence-electron chi connectivity index (χ4n) is 0.134. The third kappa shape index (κ3) is 12.0. The summed E-state index contributed by atoms with van der Waals surface area (Å²) in [7, 11) is 0. The number of hydrogen-bond donors (Lipinski definition) is 1. The van der Waals surface area contributed by atoms with Crippen molar-refractivity contribution in [1.82, 2.24) is 0 Å². The molecule has 1 N–H and O–H groups in total. The molecule has 0 saturated heterocycles. The quantitative estimate of drug-likeness (QED) is 0.500. The van der Waals surface area contributed by atoms with Crippen LogP contribution in [0.15, 0.2) is 12.7 Å². The molecule has 0 rings (SSSR count). The van der Waals surface area contributed by atoms with Gasteiger partial charge in [-0.25, -0.2) is 0 Å². The average Bonchev–Trinajstić information content (AvgIpc) is 1.59. The van der Waals surface area contributed by atoms with Crippen molar-refractivity contribution in [3.63, 3.8) is 0 Å². The number of hydrogen-bond acceptors (Lipinski definition) is 3. The van der Waals surface area contributed by atoms with Crippen molar-refractivity contribution >= 4 is 37.8 Å². The molecular formula is C3H7LiO4Te. The molecule has 50 valence electrons. The normalized spacial score (nSPS) is 9.89. The molecule has 0 radical (unpaired) electrons. The summed E-state index contributed by atoms with van der Waals surface area (Å²) in [6.45, 7) is 3.03. The third-order valence-electron chi connectivity index (χ3n) is 0.335. The summed E-state index contributed by atoms with van der Waals surface area (Å²) in [4.78, 5) is 0. The first-order valence-electron chi connectivity index (χ1n) is 1.79. The molecule has 0 saturated carbocycles. The molecule has 4 nitrogen and oxygen atoms in total. The van der Waals surface area contributed by atoms with E-state index in [0.717, 1.165) is 0 Å². The Morgan fingerprint density at radius 3 is 2.22 bits per heavy atom. The summed E-state index contributed by atoms with van der Waals surface area (Å²) in [5.74, 6) is 0. The van der Waals surface area contributed by atoms with E-state index in [1.807, 2.05) is 0 Å². The SMILES string of the molecule is C=CCO[Te](=O)(=O)O.[LiH]. The third-order valence-corrected chi connectivity index (χ3v) is 1.57. The van der Waals surface area contributed by atoms with Gasteiger partial charge in [0.15, 0.2) is 0 Å². The summed E-state index contributed by atoms with van der Waals surface area (Å²) >= 11 is -5.20. The molecule has 0 spiro atoms. The molecule has 0 heterocycles. The maximum atomic E-state index is 9.78. The second-order valence-electron chi connectivity index (χ2n) is 1.00. The summed E-state index contributed by atoms with van der Waals surface area (Å²) in [6.07, 6.45) is 1.24. The van der Waals surface area contributed by atoms with E-state index < -0.39 is 19.0 Å². The molecular weight excluding hydrogens is 235 g/mol. The van der Waals surface area contributed by atoms with Gasteiger partial charge in [0, 0.05) is 0 Å². The average molecular weight is 242 g/mol. The monoisotopic (exact) mass is 244 g/mol. The fraction of sp³-hybridized carbons (Fsp3) is 0.333. The van der Waals surface area contributed by atoms with Crippen LogP contribution in [0.3, 0.4) is 0 Å². The van der Waals surface area contributed by atoms with Gasteiger partial charge in [0.1, 0.15) is 0 Å². The van der Waals surface area contributed by atoms with Gasteiger partial charge in [0.05, 0.1) is 0 Å². The van der Waals surface area contributed by atoms with Crippen LogP contribution in [0.25, 0.3) is 0 Å². The molecule has 0 aromatic carbocycles. The van der Waals surface area contributed by atoms with Gasteiger partial charge in [-0.05, 0) is 0 Å². The maximum absolute atomic E-state index is 9.78. The van der Waals surface area contributed by atoms with Crippen molar-refractivity contribution in [3.8, 4) is 0 Å². The molecule has 0 aliphatic rings. The second kappa shape index (κ2) is 5.43. The Balaban J connectivity index is 0. The van der Waals surface area contributed by atoms with Crippen LogP contribution in [0, 0.1) is 0 Å². The van der Waals surface area contributed by atoms with Gasteiger partial charge in [-0.1, -0.05) is 0 Å². The van der Waals surface area contributed by atoms with Gasteiger partial charge in [-0.3, -0.25) is 0 Å². The van der Waals surface area contributed by atoms with Crippen molar-refractivity contribution in [2.75, 3.05) is 6.61 Å². The van der Waals surface area contributed by atoms with E-state index in [1.54, 1.807) is 0 Å². The second-order valence-corrected chi connectivity index (χ2v) is 4.12. The molecule has 9 heavy (non-hydrogen) atoms. The van der Waals surface area contributed by atoms with E-state index in [2.05, 4.69) is 9.68 Å². The zero-order chi connectivity index (χ0) is 6.62. The van der Waals surface area contributed by atoms with Crippen LogP contribution in [-0.2, 0) is 9.31 Å². The summed E-state index contributed by atoms with van der Waals surface area (Å²) in [5, 5.41) is 0. The first-order valence-corrected chi connectivity index (χ1v) is 5.68. The number of rotatable bonds is 3. The van der Waals surface area contributed by atoms with Crippen LogP contribution in [0.4, 0.5) is 0 Å². The molecule has 0 bridgehead atoms. The van der Waals surface area contributed by atoms with E-state index in [1.165, 1.54) is 6.08 Å². The Kier molecular flexibility index (Phi) is 7.45. The topological polar surface area (TPSA) is 63.6 Å². The zero-order valence-corrected chi connectivity index (χ0v) is 6.40. The predicted octanol–water partition coefficient (Wildman–Crippen LogP) is -1.17. The molecule has 0 amide bonds. The van der Waals surface area contributed by atoms with Gasteiger partial charge >= 0.3 is 69.9 Å². The first-order chi connectivity index (χ1) is 3.56. The fourth-order valence-corrected chi connectivity index (χ4v) is 0.900. The van der Waals surface area contributed by atoms with Gasteiger partial charge < -0.3 is 0 Å². The summed E-state index contributed by atoms with van der Waals surface area (Å²) < 4.78 is 31.4. The Labute approximate surface area is 69.7 Å². The van der Waals surface area contributed by atoms with Gasteiger partial charge in [-0.15, -0.1) is 0 Å². The van der Waals surface area contributed by atoms with Gasteiger partial charge in [0.25, 0.3) is 0 Å². The standard InChI is InChI=1S/C3H6O4Te.Li.H/c1-2-3-7-8(4,5)6;;/h2H,1,3H2,(H,4,5,6);;. The van der Waals surface area contributed by atoms with Crippen molar-refractivity contribution in [3.05, 3.63) is 12.7 Å². The van der Waals surface area contributed by atoms with Crippen LogP contribution in [0.5, 0.6) is 0 Å². The molecule has 6 heteroatoms. The van der Waals surface area contributed by atoms with Gasteiger partial charge in [0.2, 0.25) is 0 Å². The van der Waals surface area contributed by atoms with Crippen molar-refractivity contribution in [2.24, 2.45) is 0 Å². The van der Waals surface area contributed by atoms with E-state index >= 15 is 0 Å². The van der Waals surface area contributed by atoms with Crippen LogP contribution in [0.1, 0.15) is 0 Å². The summed E-state index contributed by atoms with van der Waals surface area (Å²) in [6, 6.07) is 0. The van der Waals surface area contributed by atoms with Crippen LogP contribution in [-0.4, -0.2) is 47.9 Å². The van der Waals surface area contributed by atoms with Crippen LogP contribution < -0.4 is 0 Å². The molecule has 0 fully saturated rings. The minimum atomic E-state index is -5.20.